The van der Waals surface area contributed by atoms with Crippen molar-refractivity contribution in [2.75, 3.05) is 39.4 Å². The van der Waals surface area contributed by atoms with Crippen molar-refractivity contribution in [3.05, 3.63) is 59.7 Å². The van der Waals surface area contributed by atoms with E-state index >= 15 is 0 Å². The Morgan fingerprint density at radius 3 is 2.50 bits per heavy atom. The Morgan fingerprint density at radius 2 is 1.69 bits per heavy atom. The lowest BCUT2D eigenvalue weighted by Gasteiger charge is -2.33. The van der Waals surface area contributed by atoms with Crippen molar-refractivity contribution in [3.63, 3.8) is 0 Å². The Morgan fingerprint density at radius 1 is 0.906 bits per heavy atom. The van der Waals surface area contributed by atoms with Gasteiger partial charge < -0.3 is 19.3 Å². The van der Waals surface area contributed by atoms with E-state index in [-0.39, 0.29) is 17.7 Å². The number of likely N-dealkylation sites (tertiary alicyclic amines) is 2. The third kappa shape index (κ3) is 5.23. The molecular formula is C26H32N2O4. The van der Waals surface area contributed by atoms with Crippen LogP contribution in [0, 0.1) is 5.92 Å². The Labute approximate surface area is 190 Å². The van der Waals surface area contributed by atoms with Gasteiger partial charge >= 0.3 is 0 Å². The summed E-state index contributed by atoms with van der Waals surface area (Å²) in [6.07, 6.45) is 4.12. The smallest absolute Gasteiger partial charge is 0.257 e. The van der Waals surface area contributed by atoms with E-state index in [0.29, 0.717) is 42.4 Å². The van der Waals surface area contributed by atoms with E-state index in [1.807, 2.05) is 65.3 Å². The van der Waals surface area contributed by atoms with Crippen molar-refractivity contribution in [1.82, 2.24) is 9.80 Å². The van der Waals surface area contributed by atoms with Crippen LogP contribution in [-0.4, -0.2) is 61.0 Å². The summed E-state index contributed by atoms with van der Waals surface area (Å²) in [5.41, 5.74) is 1.29. The number of carbonyl (C=O) groups is 2. The second kappa shape index (κ2) is 10.5. The number of amides is 2. The van der Waals surface area contributed by atoms with Gasteiger partial charge in [0, 0.05) is 37.7 Å². The third-order valence-electron chi connectivity index (χ3n) is 6.18. The van der Waals surface area contributed by atoms with Gasteiger partial charge in [-0.2, -0.15) is 0 Å². The molecule has 2 amide bonds. The summed E-state index contributed by atoms with van der Waals surface area (Å²) < 4.78 is 11.7. The normalized spacial score (nSPS) is 18.5. The molecule has 4 rings (SSSR count). The molecule has 0 aromatic heterocycles. The number of benzene rings is 2. The van der Waals surface area contributed by atoms with Crippen LogP contribution in [0.4, 0.5) is 0 Å². The zero-order valence-corrected chi connectivity index (χ0v) is 18.8. The molecule has 2 fully saturated rings. The Bertz CT molecular complexity index is 939. The van der Waals surface area contributed by atoms with Crippen LogP contribution in [0.3, 0.4) is 0 Å². The van der Waals surface area contributed by atoms with Gasteiger partial charge in [0.05, 0.1) is 18.8 Å². The van der Waals surface area contributed by atoms with Crippen molar-refractivity contribution < 1.29 is 19.1 Å². The van der Waals surface area contributed by atoms with Crippen LogP contribution in [0.2, 0.25) is 0 Å². The molecule has 6 heteroatoms. The maximum Gasteiger partial charge on any atom is 0.257 e. The number of rotatable bonds is 7. The Balaban J connectivity index is 1.35. The third-order valence-corrected chi connectivity index (χ3v) is 6.18. The number of hydrogen-bond acceptors (Lipinski definition) is 4. The highest BCUT2D eigenvalue weighted by Gasteiger charge is 2.27. The minimum absolute atomic E-state index is 0.0111. The second-order valence-electron chi connectivity index (χ2n) is 8.53. The van der Waals surface area contributed by atoms with Crippen molar-refractivity contribution in [1.29, 1.82) is 0 Å². The monoisotopic (exact) mass is 436 g/mol. The predicted octanol–water partition coefficient (Wildman–Crippen LogP) is 4.25. The van der Waals surface area contributed by atoms with E-state index < -0.39 is 0 Å². The SMILES string of the molecule is CCOc1ccccc1C(=O)N1CCCC(COc2cccc(C(=O)N3CCCC3)c2)C1. The topological polar surface area (TPSA) is 59.1 Å². The molecule has 0 saturated carbocycles. The molecule has 6 nitrogen and oxygen atoms in total. The van der Waals surface area contributed by atoms with Gasteiger partial charge in [-0.05, 0) is 62.9 Å². The lowest BCUT2D eigenvalue weighted by Crippen LogP contribution is -2.41. The number of nitrogens with zero attached hydrogens (tertiary/aromatic N) is 2. The average molecular weight is 437 g/mol. The number of piperidine rings is 1. The molecular weight excluding hydrogens is 404 g/mol. The molecule has 0 spiro atoms. The van der Waals surface area contributed by atoms with E-state index in [4.69, 9.17) is 9.47 Å². The molecule has 0 bridgehead atoms. The van der Waals surface area contributed by atoms with Crippen LogP contribution in [0.15, 0.2) is 48.5 Å². The van der Waals surface area contributed by atoms with Gasteiger partial charge in [-0.25, -0.2) is 0 Å². The number of hydrogen-bond donors (Lipinski definition) is 0. The van der Waals surface area contributed by atoms with Gasteiger partial charge in [0.2, 0.25) is 0 Å². The van der Waals surface area contributed by atoms with Crippen LogP contribution < -0.4 is 9.47 Å². The number of ether oxygens (including phenoxy) is 2. The van der Waals surface area contributed by atoms with Crippen LogP contribution in [0.1, 0.15) is 53.3 Å². The summed E-state index contributed by atoms with van der Waals surface area (Å²) in [4.78, 5) is 29.6. The molecule has 2 saturated heterocycles. The fourth-order valence-electron chi connectivity index (χ4n) is 4.52. The quantitative estimate of drug-likeness (QED) is 0.651. The van der Waals surface area contributed by atoms with Gasteiger partial charge in [-0.1, -0.05) is 18.2 Å². The first-order valence-corrected chi connectivity index (χ1v) is 11.7. The van der Waals surface area contributed by atoms with Crippen molar-refractivity contribution in [2.24, 2.45) is 5.92 Å². The molecule has 2 aromatic carbocycles. The predicted molar refractivity (Wildman–Crippen MR) is 123 cm³/mol. The summed E-state index contributed by atoms with van der Waals surface area (Å²) in [7, 11) is 0. The van der Waals surface area contributed by atoms with E-state index in [1.54, 1.807) is 0 Å². The summed E-state index contributed by atoms with van der Waals surface area (Å²) in [6.45, 7) is 6.05. The van der Waals surface area contributed by atoms with Gasteiger partial charge in [0.25, 0.3) is 11.8 Å². The van der Waals surface area contributed by atoms with Crippen LogP contribution in [0.5, 0.6) is 11.5 Å². The highest BCUT2D eigenvalue weighted by atomic mass is 16.5. The summed E-state index contributed by atoms with van der Waals surface area (Å²) in [6, 6.07) is 14.9. The van der Waals surface area contributed by atoms with Gasteiger partial charge in [0.15, 0.2) is 0 Å². The first-order chi connectivity index (χ1) is 15.7. The molecule has 32 heavy (non-hydrogen) atoms. The second-order valence-corrected chi connectivity index (χ2v) is 8.53. The van der Waals surface area contributed by atoms with E-state index in [9.17, 15) is 9.59 Å². The number of carbonyl (C=O) groups excluding carboxylic acids is 2. The molecule has 2 aliphatic rings. The molecule has 2 aromatic rings. The highest BCUT2D eigenvalue weighted by Crippen LogP contribution is 2.25. The highest BCUT2D eigenvalue weighted by molar-refractivity contribution is 5.97. The van der Waals surface area contributed by atoms with Gasteiger partial charge in [-0.3, -0.25) is 9.59 Å². The number of para-hydroxylation sites is 1. The Kier molecular flexibility index (Phi) is 7.30. The lowest BCUT2D eigenvalue weighted by atomic mass is 9.98. The average Bonchev–Trinajstić information content (AvgIpc) is 3.38. The molecule has 1 unspecified atom stereocenters. The molecule has 2 heterocycles. The molecule has 0 N–H and O–H groups in total. The molecule has 2 aliphatic heterocycles. The van der Waals surface area contributed by atoms with Gasteiger partial charge in [0.1, 0.15) is 11.5 Å². The van der Waals surface area contributed by atoms with E-state index in [0.717, 1.165) is 45.3 Å². The molecule has 0 radical (unpaired) electrons. The summed E-state index contributed by atoms with van der Waals surface area (Å²) in [5.74, 6) is 1.69. The first kappa shape index (κ1) is 22.2. The lowest BCUT2D eigenvalue weighted by molar-refractivity contribution is 0.0628. The largest absolute Gasteiger partial charge is 0.493 e. The van der Waals surface area contributed by atoms with E-state index in [1.165, 1.54) is 0 Å². The Hall–Kier alpha value is -3.02. The minimum Gasteiger partial charge on any atom is -0.493 e. The summed E-state index contributed by atoms with van der Waals surface area (Å²) >= 11 is 0. The fourth-order valence-corrected chi connectivity index (χ4v) is 4.52. The maximum atomic E-state index is 13.1. The van der Waals surface area contributed by atoms with Crippen LogP contribution >= 0.6 is 0 Å². The van der Waals surface area contributed by atoms with E-state index in [2.05, 4.69) is 0 Å². The van der Waals surface area contributed by atoms with Gasteiger partial charge in [-0.15, -0.1) is 0 Å². The first-order valence-electron chi connectivity index (χ1n) is 11.7. The van der Waals surface area contributed by atoms with Crippen LogP contribution in [-0.2, 0) is 0 Å². The van der Waals surface area contributed by atoms with Crippen molar-refractivity contribution >= 4 is 11.8 Å². The van der Waals surface area contributed by atoms with Crippen LogP contribution in [0.25, 0.3) is 0 Å². The molecule has 170 valence electrons. The van der Waals surface area contributed by atoms with Crippen molar-refractivity contribution in [2.45, 2.75) is 32.6 Å². The fraction of sp³-hybridized carbons (Fsp3) is 0.462. The zero-order valence-electron chi connectivity index (χ0n) is 18.8. The molecule has 0 aliphatic carbocycles. The standard InChI is InChI=1S/C26H32N2O4/c1-2-31-24-13-4-3-12-23(24)26(30)28-16-8-9-20(18-28)19-32-22-11-7-10-21(17-22)25(29)27-14-5-6-15-27/h3-4,7,10-13,17,20H,2,5-6,8-9,14-16,18-19H2,1H3. The molecule has 1 atom stereocenters. The van der Waals surface area contributed by atoms with Crippen molar-refractivity contribution in [3.8, 4) is 11.5 Å². The minimum atomic E-state index is 0.0111. The zero-order chi connectivity index (χ0) is 22.3. The summed E-state index contributed by atoms with van der Waals surface area (Å²) in [5, 5.41) is 0. The maximum absolute atomic E-state index is 13.1.